The van der Waals surface area contributed by atoms with Gasteiger partial charge in [-0.25, -0.2) is 0 Å². The van der Waals surface area contributed by atoms with E-state index in [0.29, 0.717) is 12.5 Å². The molecule has 26 heavy (non-hydrogen) atoms. The highest BCUT2D eigenvalue weighted by Gasteiger charge is 2.78. The minimum Gasteiger partial charge on any atom is -0.393 e. The topological polar surface area (TPSA) is 68.2 Å². The Bertz CT molecular complexity index is 677. The highest BCUT2D eigenvalue weighted by molar-refractivity contribution is 5.30. The van der Waals surface area contributed by atoms with E-state index in [1.54, 1.807) is 0 Å². The lowest BCUT2D eigenvalue weighted by atomic mass is 9.44. The predicted molar refractivity (Wildman–Crippen MR) is 92.9 cm³/mol. The summed E-state index contributed by atoms with van der Waals surface area (Å²) < 4.78 is 18.5. The molecule has 0 aromatic heterocycles. The Morgan fingerprint density at radius 1 is 1.12 bits per heavy atom. The van der Waals surface area contributed by atoms with Crippen LogP contribution in [0, 0.1) is 28.6 Å². The third kappa shape index (κ3) is 1.63. The summed E-state index contributed by atoms with van der Waals surface area (Å²) >= 11 is 0. The third-order valence-electron chi connectivity index (χ3n) is 9.36. The van der Waals surface area contributed by atoms with Crippen molar-refractivity contribution in [3.8, 4) is 0 Å². The lowest BCUT2D eigenvalue weighted by molar-refractivity contribution is -0.371. The van der Waals surface area contributed by atoms with Crippen molar-refractivity contribution in [2.24, 2.45) is 28.6 Å². The number of fused-ring (bicyclic) bond motifs is 3. The molecule has 5 heteroatoms. The van der Waals surface area contributed by atoms with Crippen molar-refractivity contribution >= 4 is 0 Å². The average Bonchev–Trinajstić information content (AvgIpc) is 3.07. The van der Waals surface area contributed by atoms with Crippen molar-refractivity contribution in [2.75, 3.05) is 6.61 Å². The van der Waals surface area contributed by atoms with Gasteiger partial charge in [0.25, 0.3) is 0 Å². The fourth-order valence-electron chi connectivity index (χ4n) is 8.07. The van der Waals surface area contributed by atoms with Crippen LogP contribution in [0.25, 0.3) is 0 Å². The van der Waals surface area contributed by atoms with Gasteiger partial charge in [0.05, 0.1) is 18.8 Å². The Morgan fingerprint density at radius 2 is 1.96 bits per heavy atom. The molecule has 0 spiro atoms. The lowest BCUT2D eigenvalue weighted by Gasteiger charge is -2.64. The van der Waals surface area contributed by atoms with Gasteiger partial charge in [0.1, 0.15) is 5.60 Å². The van der Waals surface area contributed by atoms with Gasteiger partial charge in [-0.2, -0.15) is 0 Å². The number of allylic oxidation sites excluding steroid dienone is 1. The predicted octanol–water partition coefficient (Wildman–Crippen LogP) is 2.36. The largest absolute Gasteiger partial charge is 0.393 e. The highest BCUT2D eigenvalue weighted by Crippen LogP contribution is 2.72. The summed E-state index contributed by atoms with van der Waals surface area (Å²) in [5.74, 6) is 0.989. The quantitative estimate of drug-likeness (QED) is 0.648. The molecule has 0 unspecified atom stereocenters. The van der Waals surface area contributed by atoms with E-state index in [2.05, 4.69) is 19.9 Å². The average molecular weight is 362 g/mol. The van der Waals surface area contributed by atoms with Crippen molar-refractivity contribution in [2.45, 2.75) is 82.8 Å². The Kier molecular flexibility index (Phi) is 3.12. The first kappa shape index (κ1) is 16.5. The second-order valence-corrected chi connectivity index (χ2v) is 10.1. The molecule has 6 rings (SSSR count). The lowest BCUT2D eigenvalue weighted by Crippen LogP contribution is -2.70. The van der Waals surface area contributed by atoms with Gasteiger partial charge in [-0.05, 0) is 49.9 Å². The van der Waals surface area contributed by atoms with Gasteiger partial charge in [-0.3, -0.25) is 0 Å². The molecule has 10 atom stereocenters. The standard InChI is InChI=1S/C21H30O5/c1-19-7-5-12(22)9-11(19)3-4-14-13(19)6-8-20(2)16-15-10-24-17(16)25-18(23)21(14,20)26-15/h3,12-18,22-23H,4-10H2,1-2H3/t12-,13-,14+,15+,16+,17+,18+,19-,20+,21+/m0/s1. The molecule has 3 aliphatic carbocycles. The molecule has 5 fully saturated rings. The molecule has 0 aromatic rings. The zero-order valence-electron chi connectivity index (χ0n) is 15.7. The van der Waals surface area contributed by atoms with Crippen LogP contribution in [0.1, 0.15) is 52.4 Å². The molecular formula is C21H30O5. The fourth-order valence-corrected chi connectivity index (χ4v) is 8.07. The molecule has 5 nitrogen and oxygen atoms in total. The van der Waals surface area contributed by atoms with E-state index in [-0.39, 0.29) is 41.2 Å². The van der Waals surface area contributed by atoms with Crippen molar-refractivity contribution in [1.82, 2.24) is 0 Å². The summed E-state index contributed by atoms with van der Waals surface area (Å²) in [6, 6.07) is 0. The second-order valence-electron chi connectivity index (χ2n) is 10.1. The maximum Gasteiger partial charge on any atom is 0.187 e. The maximum atomic E-state index is 11.1. The monoisotopic (exact) mass is 362 g/mol. The van der Waals surface area contributed by atoms with Crippen molar-refractivity contribution in [3.63, 3.8) is 0 Å². The minimum atomic E-state index is -0.917. The Labute approximate surface area is 154 Å². The minimum absolute atomic E-state index is 0.0484. The van der Waals surface area contributed by atoms with E-state index in [0.717, 1.165) is 32.1 Å². The van der Waals surface area contributed by atoms with Gasteiger partial charge in [-0.15, -0.1) is 0 Å². The van der Waals surface area contributed by atoms with E-state index < -0.39 is 11.9 Å². The first-order valence-corrected chi connectivity index (χ1v) is 10.4. The van der Waals surface area contributed by atoms with Crippen LogP contribution in [0.15, 0.2) is 11.6 Å². The highest BCUT2D eigenvalue weighted by atomic mass is 16.8. The summed E-state index contributed by atoms with van der Waals surface area (Å²) in [5.41, 5.74) is 0.843. The van der Waals surface area contributed by atoms with E-state index in [9.17, 15) is 10.2 Å². The van der Waals surface area contributed by atoms with Crippen LogP contribution in [0.4, 0.5) is 0 Å². The smallest absolute Gasteiger partial charge is 0.187 e. The molecule has 6 aliphatic rings. The summed E-state index contributed by atoms with van der Waals surface area (Å²) in [5, 5.41) is 21.3. The molecule has 2 N–H and O–H groups in total. The van der Waals surface area contributed by atoms with Crippen molar-refractivity contribution < 1.29 is 24.4 Å². The number of ether oxygens (including phenoxy) is 3. The van der Waals surface area contributed by atoms with Crippen LogP contribution in [-0.4, -0.2) is 47.2 Å². The summed E-state index contributed by atoms with van der Waals surface area (Å²) in [6.07, 6.45) is 6.84. The number of aliphatic hydroxyl groups is 2. The SMILES string of the molecule is C[C@]12CC[C@H](O)CC1=CC[C@@H]1[C@@H]2CC[C@]2(C)[C@H]3[C@@H]4OC[C@H]3O[C@@]12[C@H](O)O4. The van der Waals surface area contributed by atoms with Gasteiger partial charge in [0, 0.05) is 17.3 Å². The van der Waals surface area contributed by atoms with Crippen LogP contribution >= 0.6 is 0 Å². The van der Waals surface area contributed by atoms with Gasteiger partial charge < -0.3 is 24.4 Å². The van der Waals surface area contributed by atoms with Gasteiger partial charge in [0.15, 0.2) is 12.6 Å². The van der Waals surface area contributed by atoms with Crippen LogP contribution in [0.2, 0.25) is 0 Å². The van der Waals surface area contributed by atoms with E-state index in [1.807, 2.05) is 0 Å². The Morgan fingerprint density at radius 3 is 2.81 bits per heavy atom. The van der Waals surface area contributed by atoms with Crippen molar-refractivity contribution in [1.29, 1.82) is 0 Å². The molecule has 0 amide bonds. The number of hydrogen-bond donors (Lipinski definition) is 2. The second kappa shape index (κ2) is 4.93. The molecular weight excluding hydrogens is 332 g/mol. The fraction of sp³-hybridized carbons (Fsp3) is 0.905. The molecule has 3 aliphatic heterocycles. The van der Waals surface area contributed by atoms with Crippen LogP contribution in [0.5, 0.6) is 0 Å². The number of hydrogen-bond acceptors (Lipinski definition) is 5. The van der Waals surface area contributed by atoms with Crippen molar-refractivity contribution in [3.05, 3.63) is 11.6 Å². The van der Waals surface area contributed by atoms with Crippen LogP contribution in [-0.2, 0) is 14.2 Å². The zero-order valence-corrected chi connectivity index (χ0v) is 15.7. The number of rotatable bonds is 0. The summed E-state index contributed by atoms with van der Waals surface area (Å²) in [4.78, 5) is 0. The third-order valence-corrected chi connectivity index (χ3v) is 9.36. The normalized spacial score (nSPS) is 62.9. The van der Waals surface area contributed by atoms with Crippen LogP contribution < -0.4 is 0 Å². The molecule has 2 saturated carbocycles. The Hall–Kier alpha value is -0.460. The van der Waals surface area contributed by atoms with E-state index in [1.165, 1.54) is 12.0 Å². The molecule has 0 aromatic carbocycles. The Balaban J connectivity index is 1.47. The van der Waals surface area contributed by atoms with Crippen LogP contribution in [0.3, 0.4) is 0 Å². The van der Waals surface area contributed by atoms with E-state index in [4.69, 9.17) is 14.2 Å². The summed E-state index contributed by atoms with van der Waals surface area (Å²) in [6.45, 7) is 5.29. The maximum absolute atomic E-state index is 11.1. The number of aliphatic hydroxyl groups excluding tert-OH is 2. The zero-order chi connectivity index (χ0) is 17.9. The van der Waals surface area contributed by atoms with E-state index >= 15 is 0 Å². The molecule has 3 saturated heterocycles. The first-order chi connectivity index (χ1) is 12.4. The van der Waals surface area contributed by atoms with Gasteiger partial charge >= 0.3 is 0 Å². The first-order valence-electron chi connectivity index (χ1n) is 10.4. The van der Waals surface area contributed by atoms with Gasteiger partial charge in [-0.1, -0.05) is 25.5 Å². The molecule has 144 valence electrons. The molecule has 3 heterocycles. The molecule has 0 radical (unpaired) electrons. The molecule has 2 bridgehead atoms. The van der Waals surface area contributed by atoms with Gasteiger partial charge in [0.2, 0.25) is 0 Å². The summed E-state index contributed by atoms with van der Waals surface area (Å²) in [7, 11) is 0.